The van der Waals surface area contributed by atoms with Crippen molar-refractivity contribution < 1.29 is 9.59 Å². The Bertz CT molecular complexity index is 1160. The predicted octanol–water partition coefficient (Wildman–Crippen LogP) is 3.24. The standard InChI is InChI=1S/C25H32N6O2/c1-16-27-17(2)31(29-16)15-24(32)26-14-18-9-11-19(12-10-18)23-13-21(25(33)30(3)4)20-7-5-6-8-22(20)28-23/h5-8,13,18-19H,9-12,14-15H2,1-4H3,(H,26,32). The molecule has 174 valence electrons. The Morgan fingerprint density at radius 3 is 2.48 bits per heavy atom. The van der Waals surface area contributed by atoms with Gasteiger partial charge in [0.1, 0.15) is 18.2 Å². The van der Waals surface area contributed by atoms with Gasteiger partial charge in [-0.05, 0) is 57.6 Å². The molecule has 8 nitrogen and oxygen atoms in total. The van der Waals surface area contributed by atoms with E-state index in [1.807, 2.05) is 44.2 Å². The molecule has 8 heteroatoms. The molecule has 1 fully saturated rings. The van der Waals surface area contributed by atoms with Gasteiger partial charge in [0, 0.05) is 37.6 Å². The number of benzene rings is 1. The molecule has 33 heavy (non-hydrogen) atoms. The first-order valence-electron chi connectivity index (χ1n) is 11.6. The largest absolute Gasteiger partial charge is 0.354 e. The molecule has 0 spiro atoms. The summed E-state index contributed by atoms with van der Waals surface area (Å²) in [4.78, 5) is 35.9. The lowest BCUT2D eigenvalue weighted by Gasteiger charge is -2.29. The summed E-state index contributed by atoms with van der Waals surface area (Å²) in [5.74, 6) is 2.18. The van der Waals surface area contributed by atoms with Crippen molar-refractivity contribution in [3.8, 4) is 0 Å². The molecular formula is C25H32N6O2. The number of amides is 2. The number of hydrogen-bond acceptors (Lipinski definition) is 5. The highest BCUT2D eigenvalue weighted by Crippen LogP contribution is 2.36. The van der Waals surface area contributed by atoms with Crippen molar-refractivity contribution in [1.82, 2.24) is 30.0 Å². The molecule has 1 aliphatic carbocycles. The van der Waals surface area contributed by atoms with E-state index in [1.165, 1.54) is 0 Å². The van der Waals surface area contributed by atoms with E-state index in [0.717, 1.165) is 48.1 Å². The van der Waals surface area contributed by atoms with Crippen LogP contribution in [0, 0.1) is 19.8 Å². The number of nitrogens with zero attached hydrogens (tertiary/aromatic N) is 5. The summed E-state index contributed by atoms with van der Waals surface area (Å²) in [6, 6.07) is 9.83. The van der Waals surface area contributed by atoms with Gasteiger partial charge >= 0.3 is 0 Å². The second-order valence-corrected chi connectivity index (χ2v) is 9.20. The van der Waals surface area contributed by atoms with Gasteiger partial charge in [-0.3, -0.25) is 14.6 Å². The third-order valence-corrected chi connectivity index (χ3v) is 6.48. The summed E-state index contributed by atoms with van der Waals surface area (Å²) in [5, 5.41) is 8.21. The Labute approximate surface area is 194 Å². The van der Waals surface area contributed by atoms with E-state index in [0.29, 0.717) is 29.8 Å². The van der Waals surface area contributed by atoms with Gasteiger partial charge < -0.3 is 10.2 Å². The molecule has 2 amide bonds. The molecule has 0 bridgehead atoms. The molecular weight excluding hydrogens is 416 g/mol. The lowest BCUT2D eigenvalue weighted by Crippen LogP contribution is -2.34. The van der Waals surface area contributed by atoms with Crippen LogP contribution in [0.2, 0.25) is 0 Å². The lowest BCUT2D eigenvalue weighted by atomic mass is 9.80. The molecule has 2 heterocycles. The zero-order valence-corrected chi connectivity index (χ0v) is 19.8. The average molecular weight is 449 g/mol. The maximum Gasteiger partial charge on any atom is 0.254 e. The number of aryl methyl sites for hydroxylation is 2. The summed E-state index contributed by atoms with van der Waals surface area (Å²) in [6.45, 7) is 4.55. The van der Waals surface area contributed by atoms with E-state index in [2.05, 4.69) is 15.4 Å². The first-order valence-corrected chi connectivity index (χ1v) is 11.6. The first-order chi connectivity index (χ1) is 15.8. The van der Waals surface area contributed by atoms with Crippen LogP contribution in [0.5, 0.6) is 0 Å². The third-order valence-electron chi connectivity index (χ3n) is 6.48. The van der Waals surface area contributed by atoms with Crippen LogP contribution in [0.4, 0.5) is 0 Å². The molecule has 3 aromatic rings. The third kappa shape index (κ3) is 5.21. The average Bonchev–Trinajstić information content (AvgIpc) is 3.12. The molecule has 0 unspecified atom stereocenters. The van der Waals surface area contributed by atoms with E-state index < -0.39 is 0 Å². The van der Waals surface area contributed by atoms with Gasteiger partial charge in [-0.2, -0.15) is 5.10 Å². The second kappa shape index (κ2) is 9.68. The quantitative estimate of drug-likeness (QED) is 0.625. The number of aromatic nitrogens is 4. The monoisotopic (exact) mass is 448 g/mol. The highest BCUT2D eigenvalue weighted by Gasteiger charge is 2.25. The summed E-state index contributed by atoms with van der Waals surface area (Å²) in [6.07, 6.45) is 4.06. The number of pyridine rings is 1. The number of carbonyl (C=O) groups is 2. The van der Waals surface area contributed by atoms with E-state index >= 15 is 0 Å². The first kappa shape index (κ1) is 22.9. The van der Waals surface area contributed by atoms with Gasteiger partial charge in [-0.25, -0.2) is 9.67 Å². The number of fused-ring (bicyclic) bond motifs is 1. The number of hydrogen-bond donors (Lipinski definition) is 1. The topological polar surface area (TPSA) is 93.0 Å². The summed E-state index contributed by atoms with van der Waals surface area (Å²) in [5.41, 5.74) is 2.58. The number of para-hydroxylation sites is 1. The van der Waals surface area contributed by atoms with Gasteiger partial charge in [-0.1, -0.05) is 18.2 Å². The molecule has 1 N–H and O–H groups in total. The molecule has 2 aromatic heterocycles. The fourth-order valence-electron chi connectivity index (χ4n) is 4.65. The smallest absolute Gasteiger partial charge is 0.254 e. The fraction of sp³-hybridized carbons (Fsp3) is 0.480. The normalized spacial score (nSPS) is 18.3. The van der Waals surface area contributed by atoms with Crippen molar-refractivity contribution in [2.24, 2.45) is 5.92 Å². The van der Waals surface area contributed by atoms with Crippen LogP contribution in [-0.4, -0.2) is 57.1 Å². The van der Waals surface area contributed by atoms with E-state index in [-0.39, 0.29) is 18.4 Å². The molecule has 1 aromatic carbocycles. The Hall–Kier alpha value is -3.29. The Kier molecular flexibility index (Phi) is 6.72. The minimum atomic E-state index is -0.0341. The highest BCUT2D eigenvalue weighted by molar-refractivity contribution is 6.06. The molecule has 1 saturated carbocycles. The van der Waals surface area contributed by atoms with Crippen LogP contribution in [0.3, 0.4) is 0 Å². The Morgan fingerprint density at radius 1 is 1.09 bits per heavy atom. The van der Waals surface area contributed by atoms with Crippen molar-refractivity contribution in [1.29, 1.82) is 0 Å². The zero-order valence-electron chi connectivity index (χ0n) is 19.8. The van der Waals surface area contributed by atoms with Crippen LogP contribution in [0.1, 0.15) is 59.3 Å². The van der Waals surface area contributed by atoms with Crippen molar-refractivity contribution in [3.05, 3.63) is 53.2 Å². The van der Waals surface area contributed by atoms with Gasteiger partial charge in [0.2, 0.25) is 5.91 Å². The lowest BCUT2D eigenvalue weighted by molar-refractivity contribution is -0.122. The second-order valence-electron chi connectivity index (χ2n) is 9.20. The van der Waals surface area contributed by atoms with Gasteiger partial charge in [0.05, 0.1) is 11.1 Å². The van der Waals surface area contributed by atoms with Crippen molar-refractivity contribution in [2.45, 2.75) is 52.0 Å². The van der Waals surface area contributed by atoms with Crippen molar-refractivity contribution in [2.75, 3.05) is 20.6 Å². The number of nitrogens with one attached hydrogen (secondary N) is 1. The fourth-order valence-corrected chi connectivity index (χ4v) is 4.65. The Morgan fingerprint density at radius 2 is 1.82 bits per heavy atom. The van der Waals surface area contributed by atoms with Gasteiger partial charge in [0.25, 0.3) is 5.91 Å². The molecule has 1 aliphatic rings. The van der Waals surface area contributed by atoms with Gasteiger partial charge in [0.15, 0.2) is 0 Å². The van der Waals surface area contributed by atoms with E-state index in [4.69, 9.17) is 4.98 Å². The highest BCUT2D eigenvalue weighted by atomic mass is 16.2. The Balaban J connectivity index is 1.37. The maximum atomic E-state index is 12.8. The summed E-state index contributed by atoms with van der Waals surface area (Å²) < 4.78 is 1.64. The van der Waals surface area contributed by atoms with Gasteiger partial charge in [-0.15, -0.1) is 0 Å². The summed E-state index contributed by atoms with van der Waals surface area (Å²) in [7, 11) is 3.56. The molecule has 0 atom stereocenters. The van der Waals surface area contributed by atoms with Crippen molar-refractivity contribution in [3.63, 3.8) is 0 Å². The van der Waals surface area contributed by atoms with Crippen LogP contribution >= 0.6 is 0 Å². The van der Waals surface area contributed by atoms with Crippen LogP contribution in [0.25, 0.3) is 10.9 Å². The van der Waals surface area contributed by atoms with Crippen LogP contribution in [-0.2, 0) is 11.3 Å². The summed E-state index contributed by atoms with van der Waals surface area (Å²) >= 11 is 0. The molecule has 0 radical (unpaired) electrons. The molecule has 0 saturated heterocycles. The van der Waals surface area contributed by atoms with E-state index in [9.17, 15) is 9.59 Å². The maximum absolute atomic E-state index is 12.8. The number of carbonyl (C=O) groups excluding carboxylic acids is 2. The zero-order chi connectivity index (χ0) is 23.5. The molecule has 4 rings (SSSR count). The number of rotatable bonds is 6. The van der Waals surface area contributed by atoms with Crippen LogP contribution < -0.4 is 5.32 Å². The predicted molar refractivity (Wildman–Crippen MR) is 127 cm³/mol. The minimum Gasteiger partial charge on any atom is -0.354 e. The SMILES string of the molecule is Cc1nc(C)n(CC(=O)NCC2CCC(c3cc(C(=O)N(C)C)c4ccccc4n3)CC2)n1. The van der Waals surface area contributed by atoms with Crippen molar-refractivity contribution >= 4 is 22.7 Å². The van der Waals surface area contributed by atoms with E-state index in [1.54, 1.807) is 23.7 Å². The molecule has 0 aliphatic heterocycles. The van der Waals surface area contributed by atoms with Crippen LogP contribution in [0.15, 0.2) is 30.3 Å². The minimum absolute atomic E-state index is 0.00376.